The highest BCUT2D eigenvalue weighted by Crippen LogP contribution is 2.17. The zero-order valence-electron chi connectivity index (χ0n) is 11.1. The molecule has 0 saturated carbocycles. The molecule has 0 aromatic rings. The molecular formula is C12H20N2O6. The molecule has 0 aliphatic heterocycles. The molecule has 0 spiro atoms. The maximum Gasteiger partial charge on any atom is 0.307 e. The summed E-state index contributed by atoms with van der Waals surface area (Å²) < 4.78 is 0. The first kappa shape index (κ1) is 18.2. The molecule has 6 N–H and O–H groups in total. The molecule has 0 radical (unpaired) electrons. The van der Waals surface area contributed by atoms with E-state index in [9.17, 15) is 19.2 Å². The van der Waals surface area contributed by atoms with Gasteiger partial charge in [-0.2, -0.15) is 0 Å². The van der Waals surface area contributed by atoms with E-state index in [0.29, 0.717) is 0 Å². The molecule has 8 nitrogen and oxygen atoms in total. The number of carbonyl (C=O) groups excluding carboxylic acids is 2. The number of carboxylic acids is 2. The Balaban J connectivity index is 4.47. The monoisotopic (exact) mass is 288 g/mol. The SMILES string of the molecule is NCC(=O)C(CCCC(CC(=O)O)C(=O)O)C(=O)CN. The van der Waals surface area contributed by atoms with Gasteiger partial charge in [0.2, 0.25) is 0 Å². The summed E-state index contributed by atoms with van der Waals surface area (Å²) >= 11 is 0. The second-order valence-electron chi connectivity index (χ2n) is 4.46. The zero-order valence-corrected chi connectivity index (χ0v) is 11.1. The van der Waals surface area contributed by atoms with Crippen LogP contribution in [0.5, 0.6) is 0 Å². The van der Waals surface area contributed by atoms with Gasteiger partial charge in [0.1, 0.15) is 0 Å². The summed E-state index contributed by atoms with van der Waals surface area (Å²) in [7, 11) is 0. The predicted octanol–water partition coefficient (Wildman–Crippen LogP) is -0.996. The van der Waals surface area contributed by atoms with E-state index in [4.69, 9.17) is 21.7 Å². The van der Waals surface area contributed by atoms with Gasteiger partial charge in [-0.3, -0.25) is 19.2 Å². The molecular weight excluding hydrogens is 268 g/mol. The van der Waals surface area contributed by atoms with E-state index in [1.807, 2.05) is 0 Å². The van der Waals surface area contributed by atoms with E-state index in [1.54, 1.807) is 0 Å². The number of nitrogens with two attached hydrogens (primary N) is 2. The van der Waals surface area contributed by atoms with E-state index in [-0.39, 0.29) is 32.4 Å². The summed E-state index contributed by atoms with van der Waals surface area (Å²) in [5, 5.41) is 17.5. The Labute approximate surface area is 116 Å². The molecule has 0 rings (SSSR count). The molecule has 20 heavy (non-hydrogen) atoms. The lowest BCUT2D eigenvalue weighted by molar-refractivity contribution is -0.148. The number of carbonyl (C=O) groups is 4. The number of carboxylic acid groups (broad SMARTS) is 2. The minimum atomic E-state index is -1.21. The lowest BCUT2D eigenvalue weighted by Gasteiger charge is -2.14. The second-order valence-corrected chi connectivity index (χ2v) is 4.46. The summed E-state index contributed by atoms with van der Waals surface area (Å²) in [6, 6.07) is 0. The van der Waals surface area contributed by atoms with Gasteiger partial charge in [-0.15, -0.1) is 0 Å². The number of hydrogen-bond donors (Lipinski definition) is 4. The van der Waals surface area contributed by atoms with Crippen molar-refractivity contribution < 1.29 is 29.4 Å². The van der Waals surface area contributed by atoms with E-state index < -0.39 is 41.8 Å². The lowest BCUT2D eigenvalue weighted by Crippen LogP contribution is -2.33. The van der Waals surface area contributed by atoms with Crippen LogP contribution in [-0.2, 0) is 19.2 Å². The maximum atomic E-state index is 11.5. The average Bonchev–Trinajstić information content (AvgIpc) is 2.40. The van der Waals surface area contributed by atoms with Crippen molar-refractivity contribution >= 4 is 23.5 Å². The molecule has 0 bridgehead atoms. The second kappa shape index (κ2) is 9.16. The van der Waals surface area contributed by atoms with Crippen molar-refractivity contribution in [1.29, 1.82) is 0 Å². The van der Waals surface area contributed by atoms with Gasteiger partial charge in [-0.05, 0) is 12.8 Å². The molecule has 114 valence electrons. The average molecular weight is 288 g/mol. The van der Waals surface area contributed by atoms with Crippen LogP contribution in [-0.4, -0.2) is 46.8 Å². The number of rotatable bonds is 11. The highest BCUT2D eigenvalue weighted by molar-refractivity contribution is 6.03. The first-order chi connectivity index (χ1) is 9.33. The van der Waals surface area contributed by atoms with Crippen LogP contribution in [0.15, 0.2) is 0 Å². The topological polar surface area (TPSA) is 161 Å². The van der Waals surface area contributed by atoms with Crippen molar-refractivity contribution in [2.24, 2.45) is 23.3 Å². The van der Waals surface area contributed by atoms with Gasteiger partial charge in [-0.25, -0.2) is 0 Å². The fraction of sp³-hybridized carbons (Fsp3) is 0.667. The molecule has 0 heterocycles. The van der Waals surface area contributed by atoms with Gasteiger partial charge in [0.15, 0.2) is 11.6 Å². The van der Waals surface area contributed by atoms with E-state index in [1.165, 1.54) is 0 Å². The Hall–Kier alpha value is -1.80. The van der Waals surface area contributed by atoms with Crippen LogP contribution < -0.4 is 11.5 Å². The smallest absolute Gasteiger partial charge is 0.307 e. The van der Waals surface area contributed by atoms with Gasteiger partial charge >= 0.3 is 11.9 Å². The lowest BCUT2D eigenvalue weighted by atomic mass is 9.89. The Morgan fingerprint density at radius 1 is 0.900 bits per heavy atom. The van der Waals surface area contributed by atoms with Crippen molar-refractivity contribution in [1.82, 2.24) is 0 Å². The van der Waals surface area contributed by atoms with Crippen LogP contribution in [0.1, 0.15) is 25.7 Å². The minimum Gasteiger partial charge on any atom is -0.481 e. The van der Waals surface area contributed by atoms with Crippen LogP contribution in [0.3, 0.4) is 0 Å². The predicted molar refractivity (Wildman–Crippen MR) is 68.8 cm³/mol. The van der Waals surface area contributed by atoms with Crippen LogP contribution in [0.2, 0.25) is 0 Å². The van der Waals surface area contributed by atoms with Crippen LogP contribution >= 0.6 is 0 Å². The molecule has 8 heteroatoms. The Morgan fingerprint density at radius 2 is 1.40 bits per heavy atom. The molecule has 0 aromatic carbocycles. The highest BCUT2D eigenvalue weighted by Gasteiger charge is 2.26. The summed E-state index contributed by atoms with van der Waals surface area (Å²) in [4.78, 5) is 44.3. The molecule has 0 aromatic heterocycles. The molecule has 1 unspecified atom stereocenters. The third-order valence-electron chi connectivity index (χ3n) is 3.00. The first-order valence-electron chi connectivity index (χ1n) is 6.23. The molecule has 0 aliphatic rings. The number of ketones is 2. The summed E-state index contributed by atoms with van der Waals surface area (Å²) in [6.45, 7) is -0.568. The summed E-state index contributed by atoms with van der Waals surface area (Å²) in [5.74, 6) is -5.25. The minimum absolute atomic E-state index is 0.0772. The van der Waals surface area contributed by atoms with Crippen LogP contribution in [0.4, 0.5) is 0 Å². The van der Waals surface area contributed by atoms with Crippen molar-refractivity contribution in [2.75, 3.05) is 13.1 Å². The molecule has 0 fully saturated rings. The van der Waals surface area contributed by atoms with Crippen molar-refractivity contribution in [3.63, 3.8) is 0 Å². The highest BCUT2D eigenvalue weighted by atomic mass is 16.4. The van der Waals surface area contributed by atoms with Crippen LogP contribution in [0.25, 0.3) is 0 Å². The van der Waals surface area contributed by atoms with Crippen molar-refractivity contribution in [2.45, 2.75) is 25.7 Å². The van der Waals surface area contributed by atoms with Crippen molar-refractivity contribution in [3.8, 4) is 0 Å². The van der Waals surface area contributed by atoms with Gasteiger partial charge < -0.3 is 21.7 Å². The van der Waals surface area contributed by atoms with E-state index in [2.05, 4.69) is 0 Å². The Kier molecular flexibility index (Phi) is 8.33. The Bertz CT molecular complexity index is 366. The summed E-state index contributed by atoms with van der Waals surface area (Å²) in [6.07, 6.45) is -0.0363. The summed E-state index contributed by atoms with van der Waals surface area (Å²) in [5.41, 5.74) is 10.4. The fourth-order valence-corrected chi connectivity index (χ4v) is 1.88. The third kappa shape index (κ3) is 6.39. The first-order valence-corrected chi connectivity index (χ1v) is 6.23. The zero-order chi connectivity index (χ0) is 15.7. The number of Topliss-reactive ketones (excluding diaryl/α,β-unsaturated/α-hetero) is 2. The normalized spacial score (nSPS) is 12.2. The molecule has 0 amide bonds. The molecule has 1 atom stereocenters. The van der Waals surface area contributed by atoms with Crippen molar-refractivity contribution in [3.05, 3.63) is 0 Å². The quantitative estimate of drug-likeness (QED) is 0.352. The maximum absolute atomic E-state index is 11.5. The Morgan fingerprint density at radius 3 is 1.75 bits per heavy atom. The van der Waals surface area contributed by atoms with E-state index in [0.717, 1.165) is 0 Å². The number of aliphatic carboxylic acids is 2. The van der Waals surface area contributed by atoms with E-state index >= 15 is 0 Å². The molecule has 0 aliphatic carbocycles. The van der Waals surface area contributed by atoms with Gasteiger partial charge in [-0.1, -0.05) is 6.42 Å². The van der Waals surface area contributed by atoms with Gasteiger partial charge in [0.25, 0.3) is 0 Å². The van der Waals surface area contributed by atoms with Gasteiger partial charge in [0, 0.05) is 0 Å². The molecule has 0 saturated heterocycles. The van der Waals surface area contributed by atoms with Gasteiger partial charge in [0.05, 0.1) is 31.3 Å². The number of hydrogen-bond acceptors (Lipinski definition) is 6. The third-order valence-corrected chi connectivity index (χ3v) is 3.00. The largest absolute Gasteiger partial charge is 0.481 e. The fourth-order valence-electron chi connectivity index (χ4n) is 1.88. The van der Waals surface area contributed by atoms with Crippen LogP contribution in [0, 0.1) is 11.8 Å². The standard InChI is InChI=1S/C12H20N2O6/c13-5-9(15)8(10(16)6-14)3-1-2-7(12(19)20)4-11(17)18/h7-8H,1-6,13-14H2,(H,17,18)(H,19,20).